The number of carbonyl (C=O) groups excluding carboxylic acids is 1. The third-order valence-electron chi connectivity index (χ3n) is 3.55. The summed E-state index contributed by atoms with van der Waals surface area (Å²) in [6.07, 6.45) is 1.17. The van der Waals surface area contributed by atoms with Crippen molar-refractivity contribution in [3.63, 3.8) is 0 Å². The van der Waals surface area contributed by atoms with Crippen molar-refractivity contribution in [1.29, 1.82) is 0 Å². The zero-order chi connectivity index (χ0) is 18.7. The standard InChI is InChI=1S/C18H12ClF2N3O2/c19-13-7-11(5-6-15(13)21)23-17(25)9-24-10-22-16(8-18(24)26)12-3-1-2-4-14(12)20/h1-8,10H,9H2,(H,23,25). The summed E-state index contributed by atoms with van der Waals surface area (Å²) in [6.45, 7) is -0.307. The van der Waals surface area contributed by atoms with Gasteiger partial charge in [-0.1, -0.05) is 23.7 Å². The minimum Gasteiger partial charge on any atom is -0.324 e. The molecule has 0 unspecified atom stereocenters. The normalized spacial score (nSPS) is 10.6. The summed E-state index contributed by atoms with van der Waals surface area (Å²) in [5, 5.41) is 2.37. The SMILES string of the molecule is O=C(Cn1cnc(-c2ccccc2F)cc1=O)Nc1ccc(F)c(Cl)c1. The van der Waals surface area contributed by atoms with Crippen LogP contribution in [0.25, 0.3) is 11.3 Å². The van der Waals surface area contributed by atoms with Gasteiger partial charge in [0.25, 0.3) is 5.56 Å². The molecule has 0 radical (unpaired) electrons. The highest BCUT2D eigenvalue weighted by Crippen LogP contribution is 2.20. The first kappa shape index (κ1) is 17.8. The number of anilines is 1. The van der Waals surface area contributed by atoms with Crippen molar-refractivity contribution in [2.24, 2.45) is 0 Å². The van der Waals surface area contributed by atoms with E-state index in [-0.39, 0.29) is 22.8 Å². The first-order valence-electron chi connectivity index (χ1n) is 7.50. The number of nitrogens with zero attached hydrogens (tertiary/aromatic N) is 2. The van der Waals surface area contributed by atoms with Gasteiger partial charge in [0.2, 0.25) is 5.91 Å². The van der Waals surface area contributed by atoms with Crippen LogP contribution in [0.2, 0.25) is 5.02 Å². The fourth-order valence-corrected chi connectivity index (χ4v) is 2.47. The van der Waals surface area contributed by atoms with Crippen LogP contribution in [0.4, 0.5) is 14.5 Å². The Balaban J connectivity index is 1.76. The second-order valence-corrected chi connectivity index (χ2v) is 5.80. The lowest BCUT2D eigenvalue weighted by atomic mass is 10.1. The molecule has 3 rings (SSSR count). The first-order chi connectivity index (χ1) is 12.4. The van der Waals surface area contributed by atoms with Crippen molar-refractivity contribution in [2.75, 3.05) is 5.32 Å². The monoisotopic (exact) mass is 375 g/mol. The van der Waals surface area contributed by atoms with Crippen LogP contribution in [0, 0.1) is 11.6 Å². The number of benzene rings is 2. The fraction of sp³-hybridized carbons (Fsp3) is 0.0556. The summed E-state index contributed by atoms with van der Waals surface area (Å²) in [5.74, 6) is -1.62. The summed E-state index contributed by atoms with van der Waals surface area (Å²) >= 11 is 5.65. The Kier molecular flexibility index (Phi) is 5.09. The Morgan fingerprint density at radius 1 is 1.12 bits per heavy atom. The third-order valence-corrected chi connectivity index (χ3v) is 3.84. The molecule has 0 atom stereocenters. The molecule has 0 spiro atoms. The van der Waals surface area contributed by atoms with E-state index in [4.69, 9.17) is 11.6 Å². The molecular formula is C18H12ClF2N3O2. The molecule has 1 aromatic heterocycles. The van der Waals surface area contributed by atoms with Gasteiger partial charge in [-0.3, -0.25) is 14.2 Å². The lowest BCUT2D eigenvalue weighted by Crippen LogP contribution is -2.27. The Labute approximate surface area is 151 Å². The maximum Gasteiger partial charge on any atom is 0.254 e. The second kappa shape index (κ2) is 7.45. The predicted octanol–water partition coefficient (Wildman–Crippen LogP) is 3.48. The van der Waals surface area contributed by atoms with Gasteiger partial charge in [-0.05, 0) is 30.3 Å². The summed E-state index contributed by atoms with van der Waals surface area (Å²) in [7, 11) is 0. The average molecular weight is 376 g/mol. The minimum absolute atomic E-state index is 0.129. The van der Waals surface area contributed by atoms with Crippen LogP contribution in [0.5, 0.6) is 0 Å². The smallest absolute Gasteiger partial charge is 0.254 e. The molecule has 8 heteroatoms. The van der Waals surface area contributed by atoms with Crippen LogP contribution in [0.15, 0.2) is 59.7 Å². The van der Waals surface area contributed by atoms with Crippen LogP contribution in [0.1, 0.15) is 0 Å². The van der Waals surface area contributed by atoms with Crippen molar-refractivity contribution >= 4 is 23.2 Å². The molecule has 0 fully saturated rings. The Morgan fingerprint density at radius 2 is 1.88 bits per heavy atom. The Hall–Kier alpha value is -3.06. The largest absolute Gasteiger partial charge is 0.324 e. The van der Waals surface area contributed by atoms with E-state index >= 15 is 0 Å². The number of amides is 1. The average Bonchev–Trinajstić information content (AvgIpc) is 2.60. The van der Waals surface area contributed by atoms with E-state index < -0.39 is 23.1 Å². The highest BCUT2D eigenvalue weighted by molar-refractivity contribution is 6.31. The molecule has 0 saturated carbocycles. The van der Waals surface area contributed by atoms with E-state index in [1.165, 1.54) is 36.7 Å². The van der Waals surface area contributed by atoms with Crippen LogP contribution in [-0.4, -0.2) is 15.5 Å². The molecule has 2 aromatic carbocycles. The fourth-order valence-electron chi connectivity index (χ4n) is 2.29. The van der Waals surface area contributed by atoms with Gasteiger partial charge >= 0.3 is 0 Å². The molecule has 1 N–H and O–H groups in total. The number of aromatic nitrogens is 2. The minimum atomic E-state index is -0.603. The molecule has 0 aliphatic heterocycles. The van der Waals surface area contributed by atoms with Gasteiger partial charge in [-0.2, -0.15) is 0 Å². The summed E-state index contributed by atoms with van der Waals surface area (Å²) < 4.78 is 28.0. The molecule has 1 amide bonds. The van der Waals surface area contributed by atoms with Gasteiger partial charge in [-0.15, -0.1) is 0 Å². The van der Waals surface area contributed by atoms with Crippen LogP contribution in [0.3, 0.4) is 0 Å². The van der Waals surface area contributed by atoms with Crippen LogP contribution in [-0.2, 0) is 11.3 Å². The number of rotatable bonds is 4. The maximum absolute atomic E-state index is 13.8. The van der Waals surface area contributed by atoms with Gasteiger partial charge in [0.15, 0.2) is 0 Å². The third kappa shape index (κ3) is 3.94. The molecule has 26 heavy (non-hydrogen) atoms. The number of hydrogen-bond acceptors (Lipinski definition) is 3. The first-order valence-corrected chi connectivity index (χ1v) is 7.88. The van der Waals surface area contributed by atoms with Crippen molar-refractivity contribution in [2.45, 2.75) is 6.54 Å². The number of nitrogens with one attached hydrogen (secondary N) is 1. The molecule has 3 aromatic rings. The van der Waals surface area contributed by atoms with Crippen molar-refractivity contribution in [1.82, 2.24) is 9.55 Å². The van der Waals surface area contributed by atoms with Crippen LogP contribution >= 0.6 is 11.6 Å². The highest BCUT2D eigenvalue weighted by Gasteiger charge is 2.10. The van der Waals surface area contributed by atoms with Crippen molar-refractivity contribution in [3.8, 4) is 11.3 Å². The summed E-state index contributed by atoms with van der Waals surface area (Å²) in [6, 6.07) is 10.8. The van der Waals surface area contributed by atoms with Crippen molar-refractivity contribution in [3.05, 3.63) is 81.9 Å². The topological polar surface area (TPSA) is 64.0 Å². The Bertz CT molecular complexity index is 1040. The molecule has 0 aliphatic carbocycles. The lowest BCUT2D eigenvalue weighted by Gasteiger charge is -2.09. The zero-order valence-electron chi connectivity index (χ0n) is 13.2. The Morgan fingerprint density at radius 3 is 2.58 bits per heavy atom. The van der Waals surface area contributed by atoms with E-state index in [0.29, 0.717) is 5.69 Å². The molecule has 132 valence electrons. The molecule has 0 bridgehead atoms. The van der Waals surface area contributed by atoms with Gasteiger partial charge in [-0.25, -0.2) is 13.8 Å². The van der Waals surface area contributed by atoms with Gasteiger partial charge in [0.05, 0.1) is 17.0 Å². The number of carbonyl (C=O) groups is 1. The van der Waals surface area contributed by atoms with E-state index in [0.717, 1.165) is 16.7 Å². The highest BCUT2D eigenvalue weighted by atomic mass is 35.5. The van der Waals surface area contributed by atoms with E-state index in [1.807, 2.05) is 0 Å². The molecule has 5 nitrogen and oxygen atoms in total. The number of halogens is 3. The lowest BCUT2D eigenvalue weighted by molar-refractivity contribution is -0.116. The van der Waals surface area contributed by atoms with Gasteiger partial charge in [0, 0.05) is 17.3 Å². The summed E-state index contributed by atoms with van der Waals surface area (Å²) in [5.41, 5.74) is 0.160. The quantitative estimate of drug-likeness (QED) is 0.759. The predicted molar refractivity (Wildman–Crippen MR) is 93.9 cm³/mol. The van der Waals surface area contributed by atoms with E-state index in [2.05, 4.69) is 10.3 Å². The molecule has 0 aliphatic rings. The molecular weight excluding hydrogens is 364 g/mol. The molecule has 0 saturated heterocycles. The van der Waals surface area contributed by atoms with E-state index in [1.54, 1.807) is 6.07 Å². The second-order valence-electron chi connectivity index (χ2n) is 5.40. The molecule has 1 heterocycles. The zero-order valence-corrected chi connectivity index (χ0v) is 14.0. The van der Waals surface area contributed by atoms with Gasteiger partial charge in [0.1, 0.15) is 18.2 Å². The maximum atomic E-state index is 13.8. The van der Waals surface area contributed by atoms with Crippen LogP contribution < -0.4 is 10.9 Å². The van der Waals surface area contributed by atoms with Crippen molar-refractivity contribution < 1.29 is 13.6 Å². The number of hydrogen-bond donors (Lipinski definition) is 1. The van der Waals surface area contributed by atoms with Gasteiger partial charge < -0.3 is 5.32 Å². The summed E-state index contributed by atoms with van der Waals surface area (Å²) in [4.78, 5) is 28.2. The van der Waals surface area contributed by atoms with E-state index in [9.17, 15) is 18.4 Å².